The highest BCUT2D eigenvalue weighted by Gasteiger charge is 2.24. The molecule has 18 heavy (non-hydrogen) atoms. The van der Waals surface area contributed by atoms with E-state index < -0.39 is 0 Å². The van der Waals surface area contributed by atoms with E-state index in [0.717, 1.165) is 5.56 Å². The van der Waals surface area contributed by atoms with Crippen LogP contribution >= 0.6 is 0 Å². The Bertz CT molecular complexity index is 445. The number of halogens is 1. The fourth-order valence-electron chi connectivity index (χ4n) is 1.94. The van der Waals surface area contributed by atoms with Gasteiger partial charge in [0, 0.05) is 25.4 Å². The number of amides is 2. The van der Waals surface area contributed by atoms with Gasteiger partial charge in [-0.05, 0) is 24.1 Å². The Morgan fingerprint density at radius 2 is 2.11 bits per heavy atom. The van der Waals surface area contributed by atoms with Gasteiger partial charge in [0.2, 0.25) is 11.8 Å². The minimum Gasteiger partial charge on any atom is -0.356 e. The zero-order valence-electron chi connectivity index (χ0n) is 9.91. The third kappa shape index (κ3) is 3.29. The van der Waals surface area contributed by atoms with E-state index in [2.05, 4.69) is 10.6 Å². The third-order valence-corrected chi connectivity index (χ3v) is 3.00. The van der Waals surface area contributed by atoms with Crippen molar-refractivity contribution in [3.63, 3.8) is 0 Å². The van der Waals surface area contributed by atoms with Crippen LogP contribution in [0.25, 0.3) is 0 Å². The molecule has 1 unspecified atom stereocenters. The monoisotopic (exact) mass is 250 g/mol. The topological polar surface area (TPSA) is 58.2 Å². The van der Waals surface area contributed by atoms with Gasteiger partial charge in [0.25, 0.3) is 0 Å². The van der Waals surface area contributed by atoms with E-state index in [1.165, 1.54) is 12.1 Å². The fourth-order valence-corrected chi connectivity index (χ4v) is 1.94. The average molecular weight is 250 g/mol. The lowest BCUT2D eigenvalue weighted by atomic mass is 9.96. The molecule has 0 aliphatic carbocycles. The summed E-state index contributed by atoms with van der Waals surface area (Å²) in [5, 5.41) is 5.45. The molecule has 96 valence electrons. The van der Waals surface area contributed by atoms with E-state index in [1.54, 1.807) is 12.1 Å². The molecule has 0 radical (unpaired) electrons. The standard InChI is InChI=1S/C13H15FN2O2/c14-11-3-1-9(2-4-11)8-16-13(18)10-5-6-15-12(17)7-10/h1-4,10H,5-8H2,(H,15,17)(H,16,18). The molecule has 2 amide bonds. The molecule has 0 bridgehead atoms. The van der Waals surface area contributed by atoms with Gasteiger partial charge in [0.05, 0.1) is 0 Å². The molecule has 1 aliphatic rings. The summed E-state index contributed by atoms with van der Waals surface area (Å²) in [7, 11) is 0. The predicted molar refractivity (Wildman–Crippen MR) is 64.0 cm³/mol. The summed E-state index contributed by atoms with van der Waals surface area (Å²) in [5.74, 6) is -0.745. The summed E-state index contributed by atoms with van der Waals surface area (Å²) >= 11 is 0. The van der Waals surface area contributed by atoms with Crippen molar-refractivity contribution in [3.8, 4) is 0 Å². The van der Waals surface area contributed by atoms with Crippen molar-refractivity contribution in [1.82, 2.24) is 10.6 Å². The van der Waals surface area contributed by atoms with Gasteiger partial charge in [-0.2, -0.15) is 0 Å². The molecule has 2 N–H and O–H groups in total. The van der Waals surface area contributed by atoms with Crippen LogP contribution in [-0.4, -0.2) is 18.4 Å². The lowest BCUT2D eigenvalue weighted by molar-refractivity contribution is -0.132. The molecule has 0 saturated carbocycles. The summed E-state index contributed by atoms with van der Waals surface area (Å²) in [6.45, 7) is 0.907. The van der Waals surface area contributed by atoms with Gasteiger partial charge in [-0.3, -0.25) is 9.59 Å². The number of nitrogens with one attached hydrogen (secondary N) is 2. The Morgan fingerprint density at radius 3 is 2.78 bits per heavy atom. The Morgan fingerprint density at radius 1 is 1.39 bits per heavy atom. The summed E-state index contributed by atoms with van der Waals surface area (Å²) in [5.41, 5.74) is 0.838. The summed E-state index contributed by atoms with van der Waals surface area (Å²) in [4.78, 5) is 23.0. The predicted octanol–water partition coefficient (Wildman–Crippen LogP) is 0.968. The van der Waals surface area contributed by atoms with E-state index in [-0.39, 0.29) is 30.0 Å². The molecular formula is C13H15FN2O2. The lowest BCUT2D eigenvalue weighted by Gasteiger charge is -2.21. The number of hydrogen-bond acceptors (Lipinski definition) is 2. The van der Waals surface area contributed by atoms with Gasteiger partial charge in [-0.15, -0.1) is 0 Å². The number of piperidine rings is 1. The van der Waals surface area contributed by atoms with E-state index >= 15 is 0 Å². The first kappa shape index (κ1) is 12.5. The quantitative estimate of drug-likeness (QED) is 0.839. The zero-order chi connectivity index (χ0) is 13.0. The molecule has 1 fully saturated rings. The molecule has 0 spiro atoms. The van der Waals surface area contributed by atoms with Gasteiger partial charge in [0.15, 0.2) is 0 Å². The van der Waals surface area contributed by atoms with Crippen LogP contribution in [0.2, 0.25) is 0 Å². The molecule has 2 rings (SSSR count). The molecule has 5 heteroatoms. The first-order valence-electron chi connectivity index (χ1n) is 5.94. The maximum absolute atomic E-state index is 12.7. The molecule has 4 nitrogen and oxygen atoms in total. The second kappa shape index (κ2) is 5.62. The van der Waals surface area contributed by atoms with Crippen molar-refractivity contribution >= 4 is 11.8 Å². The highest BCUT2D eigenvalue weighted by molar-refractivity contribution is 5.86. The number of rotatable bonds is 3. The van der Waals surface area contributed by atoms with Crippen molar-refractivity contribution in [2.24, 2.45) is 5.92 Å². The molecule has 1 aromatic carbocycles. The summed E-state index contributed by atoms with van der Waals surface area (Å²) in [6.07, 6.45) is 0.913. The van der Waals surface area contributed by atoms with E-state index in [1.807, 2.05) is 0 Å². The van der Waals surface area contributed by atoms with Gasteiger partial charge in [-0.1, -0.05) is 12.1 Å². The van der Waals surface area contributed by atoms with Crippen LogP contribution in [0.4, 0.5) is 4.39 Å². The van der Waals surface area contributed by atoms with Gasteiger partial charge < -0.3 is 10.6 Å². The van der Waals surface area contributed by atoms with Crippen LogP contribution in [0.15, 0.2) is 24.3 Å². The Kier molecular flexibility index (Phi) is 3.92. The number of carbonyl (C=O) groups is 2. The second-order valence-electron chi connectivity index (χ2n) is 4.38. The van der Waals surface area contributed by atoms with Crippen molar-refractivity contribution < 1.29 is 14.0 Å². The maximum Gasteiger partial charge on any atom is 0.223 e. The number of benzene rings is 1. The maximum atomic E-state index is 12.7. The van der Waals surface area contributed by atoms with E-state index in [4.69, 9.17) is 0 Å². The Labute approximate surface area is 105 Å². The molecule has 0 aromatic heterocycles. The number of hydrogen-bond donors (Lipinski definition) is 2. The first-order valence-corrected chi connectivity index (χ1v) is 5.94. The minimum atomic E-state index is -0.297. The van der Waals surface area contributed by atoms with E-state index in [9.17, 15) is 14.0 Å². The van der Waals surface area contributed by atoms with Crippen LogP contribution in [-0.2, 0) is 16.1 Å². The van der Waals surface area contributed by atoms with Crippen LogP contribution in [0.5, 0.6) is 0 Å². The summed E-state index contributed by atoms with van der Waals surface area (Å²) < 4.78 is 12.7. The van der Waals surface area contributed by atoms with Crippen LogP contribution < -0.4 is 10.6 Å². The highest BCUT2D eigenvalue weighted by atomic mass is 19.1. The normalized spacial score (nSPS) is 19.2. The van der Waals surface area contributed by atoms with Gasteiger partial charge in [-0.25, -0.2) is 4.39 Å². The van der Waals surface area contributed by atoms with Gasteiger partial charge in [0.1, 0.15) is 5.82 Å². The smallest absolute Gasteiger partial charge is 0.223 e. The average Bonchev–Trinajstić information content (AvgIpc) is 2.38. The zero-order valence-corrected chi connectivity index (χ0v) is 9.91. The molecular weight excluding hydrogens is 235 g/mol. The molecule has 1 aromatic rings. The third-order valence-electron chi connectivity index (χ3n) is 3.00. The fraction of sp³-hybridized carbons (Fsp3) is 0.385. The molecule has 1 heterocycles. The van der Waals surface area contributed by atoms with Gasteiger partial charge >= 0.3 is 0 Å². The lowest BCUT2D eigenvalue weighted by Crippen LogP contribution is -2.40. The second-order valence-corrected chi connectivity index (χ2v) is 4.38. The highest BCUT2D eigenvalue weighted by Crippen LogP contribution is 2.12. The van der Waals surface area contributed by atoms with Crippen molar-refractivity contribution in [3.05, 3.63) is 35.6 Å². The van der Waals surface area contributed by atoms with Crippen molar-refractivity contribution in [2.75, 3.05) is 6.54 Å². The Balaban J connectivity index is 1.84. The number of carbonyl (C=O) groups excluding carboxylic acids is 2. The first-order chi connectivity index (χ1) is 8.65. The summed E-state index contributed by atoms with van der Waals surface area (Å²) in [6, 6.07) is 5.97. The minimum absolute atomic E-state index is 0.0804. The molecule has 1 aliphatic heterocycles. The SMILES string of the molecule is O=C1CC(C(=O)NCc2ccc(F)cc2)CCN1. The van der Waals surface area contributed by atoms with Crippen molar-refractivity contribution in [1.29, 1.82) is 0 Å². The van der Waals surface area contributed by atoms with Crippen LogP contribution in [0.3, 0.4) is 0 Å². The molecule has 1 atom stereocenters. The van der Waals surface area contributed by atoms with Crippen LogP contribution in [0, 0.1) is 11.7 Å². The van der Waals surface area contributed by atoms with Crippen molar-refractivity contribution in [2.45, 2.75) is 19.4 Å². The Hall–Kier alpha value is -1.91. The van der Waals surface area contributed by atoms with Crippen LogP contribution in [0.1, 0.15) is 18.4 Å². The largest absolute Gasteiger partial charge is 0.356 e. The molecule has 1 saturated heterocycles. The van der Waals surface area contributed by atoms with E-state index in [0.29, 0.717) is 19.5 Å².